The van der Waals surface area contributed by atoms with Crippen LogP contribution >= 0.6 is 12.2 Å². The number of thiocarbonyl (C=S) groups is 1. The van der Waals surface area contributed by atoms with E-state index >= 15 is 0 Å². The van der Waals surface area contributed by atoms with Crippen molar-refractivity contribution in [1.82, 2.24) is 0 Å². The summed E-state index contributed by atoms with van der Waals surface area (Å²) in [5.41, 5.74) is 0. The van der Waals surface area contributed by atoms with Crippen LogP contribution in [-0.4, -0.2) is 18.0 Å². The lowest BCUT2D eigenvalue weighted by molar-refractivity contribution is 0.0229. The van der Waals surface area contributed by atoms with Crippen molar-refractivity contribution >= 4 is 17.4 Å². The second kappa shape index (κ2) is 3.72. The molecule has 9 heavy (non-hydrogen) atoms. The Kier molecular flexibility index (Phi) is 2.84. The molecule has 0 amide bonds. The zero-order valence-electron chi connectivity index (χ0n) is 5.17. The highest BCUT2D eigenvalue weighted by Gasteiger charge is 2.10. The molecule has 3 heteroatoms. The molecule has 1 heterocycles. The molecule has 1 fully saturated rings. The number of nitrogens with zero attached hydrogens (tertiary/aromatic N) is 1. The van der Waals surface area contributed by atoms with Gasteiger partial charge in [0.2, 0.25) is 0 Å². The van der Waals surface area contributed by atoms with Gasteiger partial charge in [0.15, 0.2) is 6.23 Å². The third kappa shape index (κ3) is 2.22. The Hall–Kier alpha value is -0.240. The van der Waals surface area contributed by atoms with Gasteiger partial charge in [-0.05, 0) is 31.5 Å². The van der Waals surface area contributed by atoms with Crippen molar-refractivity contribution in [2.24, 2.45) is 4.99 Å². The minimum absolute atomic E-state index is 0.0104. The molecule has 2 nitrogen and oxygen atoms in total. The van der Waals surface area contributed by atoms with E-state index in [-0.39, 0.29) is 6.23 Å². The molecule has 0 aromatic carbocycles. The van der Waals surface area contributed by atoms with Crippen molar-refractivity contribution in [3.05, 3.63) is 0 Å². The molecule has 1 rings (SSSR count). The first kappa shape index (κ1) is 6.87. The zero-order chi connectivity index (χ0) is 6.53. The quantitative estimate of drug-likeness (QED) is 0.411. The second-order valence-electron chi connectivity index (χ2n) is 2.04. The van der Waals surface area contributed by atoms with Crippen molar-refractivity contribution in [2.45, 2.75) is 25.5 Å². The summed E-state index contributed by atoms with van der Waals surface area (Å²) in [6.07, 6.45) is 3.37. The van der Waals surface area contributed by atoms with Gasteiger partial charge in [0, 0.05) is 6.61 Å². The molecule has 1 atom stereocenters. The van der Waals surface area contributed by atoms with E-state index in [0.29, 0.717) is 0 Å². The lowest BCUT2D eigenvalue weighted by Crippen LogP contribution is -2.15. The second-order valence-corrected chi connectivity index (χ2v) is 2.22. The zero-order valence-corrected chi connectivity index (χ0v) is 5.99. The van der Waals surface area contributed by atoms with Crippen LogP contribution in [0.3, 0.4) is 0 Å². The first-order chi connectivity index (χ1) is 4.43. The molecule has 0 aromatic rings. The minimum atomic E-state index is 0.0104. The summed E-state index contributed by atoms with van der Waals surface area (Å²) < 4.78 is 5.22. The van der Waals surface area contributed by atoms with Crippen molar-refractivity contribution in [3.63, 3.8) is 0 Å². The van der Waals surface area contributed by atoms with Gasteiger partial charge in [-0.1, -0.05) is 0 Å². The molecule has 0 aliphatic carbocycles. The van der Waals surface area contributed by atoms with Crippen LogP contribution in [0.15, 0.2) is 4.99 Å². The van der Waals surface area contributed by atoms with E-state index < -0.39 is 0 Å². The number of hydrogen-bond donors (Lipinski definition) is 0. The maximum atomic E-state index is 5.22. The van der Waals surface area contributed by atoms with E-state index in [0.717, 1.165) is 19.4 Å². The van der Waals surface area contributed by atoms with Crippen molar-refractivity contribution < 1.29 is 4.74 Å². The van der Waals surface area contributed by atoms with Gasteiger partial charge < -0.3 is 4.74 Å². The summed E-state index contributed by atoms with van der Waals surface area (Å²) >= 11 is 4.44. The SMILES string of the molecule is S=C=NC1CCCCO1. The van der Waals surface area contributed by atoms with Crippen LogP contribution in [-0.2, 0) is 4.74 Å². The van der Waals surface area contributed by atoms with Crippen LogP contribution in [0.4, 0.5) is 0 Å². The lowest BCUT2D eigenvalue weighted by Gasteiger charge is -2.16. The fraction of sp³-hybridized carbons (Fsp3) is 0.833. The summed E-state index contributed by atoms with van der Waals surface area (Å²) in [7, 11) is 0. The lowest BCUT2D eigenvalue weighted by atomic mass is 10.2. The number of isothiocyanates is 1. The Bertz CT molecular complexity index is 125. The van der Waals surface area contributed by atoms with Crippen LogP contribution in [0.1, 0.15) is 19.3 Å². The summed E-state index contributed by atoms with van der Waals surface area (Å²) in [5.74, 6) is 0. The standard InChI is InChI=1S/C6H9NOS/c9-5-7-6-3-1-2-4-8-6/h6H,1-4H2. The molecular formula is C6H9NOS. The van der Waals surface area contributed by atoms with E-state index in [1.54, 1.807) is 0 Å². The van der Waals surface area contributed by atoms with E-state index in [4.69, 9.17) is 4.74 Å². The largest absolute Gasteiger partial charge is 0.356 e. The molecule has 0 saturated carbocycles. The van der Waals surface area contributed by atoms with Crippen molar-refractivity contribution in [3.8, 4) is 0 Å². The molecule has 0 radical (unpaired) electrons. The van der Waals surface area contributed by atoms with Gasteiger partial charge in [0.1, 0.15) is 0 Å². The normalized spacial score (nSPS) is 26.9. The maximum absolute atomic E-state index is 5.22. The number of hydrogen-bond acceptors (Lipinski definition) is 3. The summed E-state index contributed by atoms with van der Waals surface area (Å²) in [6.45, 7) is 0.825. The molecule has 50 valence electrons. The summed E-state index contributed by atoms with van der Waals surface area (Å²) in [4.78, 5) is 3.83. The number of aliphatic imine (C=N–C) groups is 1. The Balaban J connectivity index is 2.31. The van der Waals surface area contributed by atoms with Gasteiger partial charge in [-0.2, -0.15) is 0 Å². The molecule has 1 aliphatic heterocycles. The van der Waals surface area contributed by atoms with Gasteiger partial charge in [0.05, 0.1) is 5.16 Å². The van der Waals surface area contributed by atoms with Crippen molar-refractivity contribution in [2.75, 3.05) is 6.61 Å². The molecular weight excluding hydrogens is 134 g/mol. The van der Waals surface area contributed by atoms with Crippen LogP contribution < -0.4 is 0 Å². The Morgan fingerprint density at radius 3 is 3.00 bits per heavy atom. The highest BCUT2D eigenvalue weighted by atomic mass is 32.1. The third-order valence-corrected chi connectivity index (χ3v) is 1.46. The number of rotatable bonds is 1. The first-order valence-corrected chi connectivity index (χ1v) is 3.53. The average molecular weight is 143 g/mol. The van der Waals surface area contributed by atoms with Gasteiger partial charge >= 0.3 is 0 Å². The number of ether oxygens (including phenoxy) is 1. The average Bonchev–Trinajstić information content (AvgIpc) is 1.91. The fourth-order valence-corrected chi connectivity index (χ4v) is 1.00. The highest BCUT2D eigenvalue weighted by Crippen LogP contribution is 2.12. The maximum Gasteiger partial charge on any atom is 0.158 e. The molecule has 0 bridgehead atoms. The van der Waals surface area contributed by atoms with E-state index in [2.05, 4.69) is 22.4 Å². The summed E-state index contributed by atoms with van der Waals surface area (Å²) in [5, 5.41) is 2.32. The molecule has 1 saturated heterocycles. The molecule has 1 aliphatic rings. The van der Waals surface area contributed by atoms with Gasteiger partial charge in [-0.3, -0.25) is 0 Å². The predicted molar refractivity (Wildman–Crippen MR) is 38.6 cm³/mol. The molecule has 0 aromatic heterocycles. The van der Waals surface area contributed by atoms with Gasteiger partial charge in [0.25, 0.3) is 0 Å². The van der Waals surface area contributed by atoms with Crippen molar-refractivity contribution in [1.29, 1.82) is 0 Å². The predicted octanol–water partition coefficient (Wildman–Crippen LogP) is 1.62. The summed E-state index contributed by atoms with van der Waals surface area (Å²) in [6, 6.07) is 0. The van der Waals surface area contributed by atoms with Gasteiger partial charge in [-0.25, -0.2) is 4.99 Å². The van der Waals surface area contributed by atoms with Crippen LogP contribution in [0, 0.1) is 0 Å². The van der Waals surface area contributed by atoms with Crippen LogP contribution in [0.25, 0.3) is 0 Å². The topological polar surface area (TPSA) is 21.6 Å². The molecule has 0 N–H and O–H groups in total. The Morgan fingerprint density at radius 2 is 2.44 bits per heavy atom. The fourth-order valence-electron chi connectivity index (χ4n) is 0.884. The highest BCUT2D eigenvalue weighted by molar-refractivity contribution is 7.78. The van der Waals surface area contributed by atoms with Crippen LogP contribution in [0.5, 0.6) is 0 Å². The van der Waals surface area contributed by atoms with E-state index in [1.807, 2.05) is 0 Å². The Morgan fingerprint density at radius 1 is 1.56 bits per heavy atom. The Labute approximate surface area is 59.9 Å². The molecule has 1 unspecified atom stereocenters. The monoisotopic (exact) mass is 143 g/mol. The van der Waals surface area contributed by atoms with E-state index in [9.17, 15) is 0 Å². The molecule has 0 spiro atoms. The third-order valence-electron chi connectivity index (χ3n) is 1.35. The smallest absolute Gasteiger partial charge is 0.158 e. The van der Waals surface area contributed by atoms with E-state index in [1.165, 1.54) is 6.42 Å². The van der Waals surface area contributed by atoms with Gasteiger partial charge in [-0.15, -0.1) is 0 Å². The minimum Gasteiger partial charge on any atom is -0.356 e. The first-order valence-electron chi connectivity index (χ1n) is 3.12. The van der Waals surface area contributed by atoms with Crippen LogP contribution in [0.2, 0.25) is 0 Å².